The lowest BCUT2D eigenvalue weighted by Crippen LogP contribution is -2.21. The lowest BCUT2D eigenvalue weighted by molar-refractivity contribution is -0.114. The highest BCUT2D eigenvalue weighted by atomic mass is 32.2. The molecule has 6 nitrogen and oxygen atoms in total. The second-order valence-corrected chi connectivity index (χ2v) is 5.67. The molecule has 0 bridgehead atoms. The summed E-state index contributed by atoms with van der Waals surface area (Å²) in [6.45, 7) is -0.0496. The smallest absolute Gasteiger partial charge is 0.411 e. The number of anilines is 2. The molecule has 0 saturated carbocycles. The number of carbonyl (C=O) groups excluding carboxylic acids is 2. The predicted octanol–water partition coefficient (Wildman–Crippen LogP) is 2.91. The van der Waals surface area contributed by atoms with Crippen LogP contribution in [-0.4, -0.2) is 25.7 Å². The van der Waals surface area contributed by atoms with E-state index in [9.17, 15) is 9.59 Å². The van der Waals surface area contributed by atoms with Crippen LogP contribution in [0.5, 0.6) is 0 Å². The van der Waals surface area contributed by atoms with Gasteiger partial charge in [0.05, 0.1) is 13.7 Å². The molecule has 0 aromatic heterocycles. The second-order valence-electron chi connectivity index (χ2n) is 4.52. The SMILES string of the molecule is COC(=O)Nc1ccc(Sc2cccc(NC(=O)CN)c2)cc1. The zero-order valence-electron chi connectivity index (χ0n) is 12.5. The third-order valence-electron chi connectivity index (χ3n) is 2.83. The minimum atomic E-state index is -0.506. The van der Waals surface area contributed by atoms with E-state index in [2.05, 4.69) is 15.4 Å². The molecule has 2 aromatic rings. The Bertz CT molecular complexity index is 689. The first-order valence-electron chi connectivity index (χ1n) is 6.83. The van der Waals surface area contributed by atoms with Crippen LogP contribution in [0.15, 0.2) is 58.3 Å². The summed E-state index contributed by atoms with van der Waals surface area (Å²) < 4.78 is 4.54. The molecule has 0 aliphatic rings. The summed E-state index contributed by atoms with van der Waals surface area (Å²) in [6, 6.07) is 14.9. The van der Waals surface area contributed by atoms with Gasteiger partial charge in [-0.3, -0.25) is 10.1 Å². The van der Waals surface area contributed by atoms with E-state index >= 15 is 0 Å². The Balaban J connectivity index is 2.03. The van der Waals surface area contributed by atoms with E-state index in [1.807, 2.05) is 30.3 Å². The molecule has 4 N–H and O–H groups in total. The molecular weight excluding hydrogens is 314 g/mol. The van der Waals surface area contributed by atoms with Crippen LogP contribution in [0.25, 0.3) is 0 Å². The Morgan fingerprint density at radius 3 is 2.43 bits per heavy atom. The fourth-order valence-electron chi connectivity index (χ4n) is 1.76. The first-order valence-corrected chi connectivity index (χ1v) is 7.65. The van der Waals surface area contributed by atoms with Gasteiger partial charge in [0.15, 0.2) is 0 Å². The van der Waals surface area contributed by atoms with Crippen molar-refractivity contribution < 1.29 is 14.3 Å². The summed E-state index contributed by atoms with van der Waals surface area (Å²) in [5.41, 5.74) is 6.64. The third-order valence-corrected chi connectivity index (χ3v) is 3.82. The van der Waals surface area contributed by atoms with Gasteiger partial charge in [-0.05, 0) is 42.5 Å². The molecule has 7 heteroatoms. The maximum atomic E-state index is 11.3. The van der Waals surface area contributed by atoms with Gasteiger partial charge in [-0.1, -0.05) is 17.8 Å². The molecule has 0 spiro atoms. The predicted molar refractivity (Wildman–Crippen MR) is 90.7 cm³/mol. The van der Waals surface area contributed by atoms with Gasteiger partial charge in [-0.2, -0.15) is 0 Å². The molecule has 0 aliphatic heterocycles. The van der Waals surface area contributed by atoms with Crippen LogP contribution in [0.4, 0.5) is 16.2 Å². The molecule has 0 aliphatic carbocycles. The lowest BCUT2D eigenvalue weighted by Gasteiger charge is -2.07. The fraction of sp³-hybridized carbons (Fsp3) is 0.125. The highest BCUT2D eigenvalue weighted by Gasteiger charge is 2.04. The Labute approximate surface area is 138 Å². The summed E-state index contributed by atoms with van der Waals surface area (Å²) in [6.07, 6.45) is -0.506. The van der Waals surface area contributed by atoms with E-state index in [0.29, 0.717) is 11.4 Å². The number of hydrogen-bond donors (Lipinski definition) is 3. The molecule has 120 valence electrons. The zero-order chi connectivity index (χ0) is 16.7. The highest BCUT2D eigenvalue weighted by molar-refractivity contribution is 7.99. The van der Waals surface area contributed by atoms with Crippen molar-refractivity contribution in [2.24, 2.45) is 5.73 Å². The van der Waals surface area contributed by atoms with Crippen LogP contribution in [0.1, 0.15) is 0 Å². The van der Waals surface area contributed by atoms with Gasteiger partial charge in [0, 0.05) is 21.2 Å². The molecule has 2 amide bonds. The van der Waals surface area contributed by atoms with Crippen molar-refractivity contribution in [3.8, 4) is 0 Å². The average molecular weight is 331 g/mol. The van der Waals surface area contributed by atoms with Gasteiger partial charge in [0.25, 0.3) is 0 Å². The van der Waals surface area contributed by atoms with Crippen molar-refractivity contribution in [2.75, 3.05) is 24.3 Å². The molecule has 2 aromatic carbocycles. The number of rotatable bonds is 5. The maximum Gasteiger partial charge on any atom is 0.411 e. The summed E-state index contributed by atoms with van der Waals surface area (Å²) in [7, 11) is 1.32. The molecular formula is C16H17N3O3S. The van der Waals surface area contributed by atoms with Crippen LogP contribution in [0.2, 0.25) is 0 Å². The molecule has 23 heavy (non-hydrogen) atoms. The van der Waals surface area contributed by atoms with Crippen molar-refractivity contribution in [1.29, 1.82) is 0 Å². The van der Waals surface area contributed by atoms with Gasteiger partial charge in [-0.25, -0.2) is 4.79 Å². The second kappa shape index (κ2) is 8.21. The minimum absolute atomic E-state index is 0.0496. The number of carbonyl (C=O) groups is 2. The van der Waals surface area contributed by atoms with Crippen molar-refractivity contribution >= 4 is 35.1 Å². The van der Waals surface area contributed by atoms with Gasteiger partial charge in [0.1, 0.15) is 0 Å². The lowest BCUT2D eigenvalue weighted by atomic mass is 10.3. The summed E-state index contributed by atoms with van der Waals surface area (Å²) in [5, 5.41) is 5.31. The number of ether oxygens (including phenoxy) is 1. The van der Waals surface area contributed by atoms with E-state index in [1.165, 1.54) is 7.11 Å². The first-order chi connectivity index (χ1) is 11.1. The van der Waals surface area contributed by atoms with Gasteiger partial charge in [-0.15, -0.1) is 0 Å². The van der Waals surface area contributed by atoms with Crippen molar-refractivity contribution in [2.45, 2.75) is 9.79 Å². The van der Waals surface area contributed by atoms with Gasteiger partial charge in [0.2, 0.25) is 5.91 Å². The Morgan fingerprint density at radius 1 is 1.04 bits per heavy atom. The zero-order valence-corrected chi connectivity index (χ0v) is 13.4. The number of methoxy groups -OCH3 is 1. The van der Waals surface area contributed by atoms with Crippen molar-refractivity contribution in [3.63, 3.8) is 0 Å². The molecule has 0 unspecified atom stereocenters. The maximum absolute atomic E-state index is 11.3. The normalized spacial score (nSPS) is 10.0. The molecule has 0 radical (unpaired) electrons. The monoisotopic (exact) mass is 331 g/mol. The molecule has 0 atom stereocenters. The van der Waals surface area contributed by atoms with Crippen LogP contribution in [-0.2, 0) is 9.53 Å². The number of amides is 2. The number of hydrogen-bond acceptors (Lipinski definition) is 5. The quantitative estimate of drug-likeness (QED) is 0.783. The molecule has 0 heterocycles. The van der Waals surface area contributed by atoms with Crippen molar-refractivity contribution in [3.05, 3.63) is 48.5 Å². The Hall–Kier alpha value is -2.51. The fourth-order valence-corrected chi connectivity index (χ4v) is 2.64. The number of nitrogens with one attached hydrogen (secondary N) is 2. The van der Waals surface area contributed by atoms with Crippen molar-refractivity contribution in [1.82, 2.24) is 0 Å². The summed E-state index contributed by atoms with van der Waals surface area (Å²) in [5.74, 6) is -0.231. The van der Waals surface area contributed by atoms with Gasteiger partial charge >= 0.3 is 6.09 Å². The van der Waals surface area contributed by atoms with E-state index in [4.69, 9.17) is 5.73 Å². The molecule has 0 saturated heterocycles. The number of nitrogens with two attached hydrogens (primary N) is 1. The average Bonchev–Trinajstić information content (AvgIpc) is 2.56. The Morgan fingerprint density at radius 2 is 1.78 bits per heavy atom. The van der Waals surface area contributed by atoms with E-state index in [1.54, 1.807) is 30.0 Å². The molecule has 0 fully saturated rings. The van der Waals surface area contributed by atoms with Crippen LogP contribution >= 0.6 is 11.8 Å². The van der Waals surface area contributed by atoms with Crippen LogP contribution in [0, 0.1) is 0 Å². The topological polar surface area (TPSA) is 93.5 Å². The largest absolute Gasteiger partial charge is 0.453 e. The molecule has 2 rings (SSSR count). The van der Waals surface area contributed by atoms with E-state index in [-0.39, 0.29) is 12.5 Å². The van der Waals surface area contributed by atoms with E-state index in [0.717, 1.165) is 9.79 Å². The minimum Gasteiger partial charge on any atom is -0.453 e. The summed E-state index contributed by atoms with van der Waals surface area (Å²) >= 11 is 1.54. The van der Waals surface area contributed by atoms with E-state index < -0.39 is 6.09 Å². The number of benzene rings is 2. The van der Waals surface area contributed by atoms with Crippen LogP contribution < -0.4 is 16.4 Å². The third kappa shape index (κ3) is 5.32. The highest BCUT2D eigenvalue weighted by Crippen LogP contribution is 2.30. The first kappa shape index (κ1) is 16.9. The standard InChI is InChI=1S/C16H17N3O3S/c1-22-16(21)19-11-5-7-13(8-6-11)23-14-4-2-3-12(9-14)18-15(20)10-17/h2-9H,10,17H2,1H3,(H,18,20)(H,19,21). The van der Waals surface area contributed by atoms with Crippen LogP contribution in [0.3, 0.4) is 0 Å². The Kier molecular flexibility index (Phi) is 6.02. The van der Waals surface area contributed by atoms with Gasteiger partial charge < -0.3 is 15.8 Å². The summed E-state index contributed by atoms with van der Waals surface area (Å²) in [4.78, 5) is 24.4.